The van der Waals surface area contributed by atoms with Gasteiger partial charge in [0.2, 0.25) is 0 Å². The zero-order valence-electron chi connectivity index (χ0n) is 10.6. The molecule has 0 saturated heterocycles. The maximum absolute atomic E-state index is 11.4. The number of ether oxygens (including phenoxy) is 2. The zero-order valence-corrected chi connectivity index (χ0v) is 12.7. The first-order valence-corrected chi connectivity index (χ1v) is 7.92. The Balaban J connectivity index is 2.12. The molecule has 2 aliphatic rings. The number of hydrogen-bond donors (Lipinski definition) is 0. The molecule has 2 aliphatic carbocycles. The normalized spacial score (nSPS) is 40.8. The number of rotatable bonds is 2. The van der Waals surface area contributed by atoms with Gasteiger partial charge in [0.15, 0.2) is 0 Å². The number of carbonyl (C=O) groups excluding carboxylic acids is 1. The zero-order chi connectivity index (χ0) is 12.5. The molecule has 4 heteroatoms. The van der Waals surface area contributed by atoms with Crippen LogP contribution in [-0.2, 0) is 9.47 Å². The van der Waals surface area contributed by atoms with E-state index in [4.69, 9.17) is 4.74 Å². The molecule has 2 bridgehead atoms. The summed E-state index contributed by atoms with van der Waals surface area (Å²) in [6.07, 6.45) is 5.16. The number of methoxy groups -OCH3 is 1. The standard InChI is InChI=1S/C13H21IO3/c1-9-3-10-4-11(8-14)7-13(5-9,6-10)17-12(15)16-2/h9-11H,3-8H2,1-2H3/t9-,10?,11?,13?/m1/s1. The molecule has 3 unspecified atom stereocenters. The Bertz CT molecular complexity index is 290. The SMILES string of the molecule is COC(=O)OC12CC(CI)CC(C[C@@H](C)C1)C2. The summed E-state index contributed by atoms with van der Waals surface area (Å²) in [7, 11) is 1.39. The van der Waals surface area contributed by atoms with Gasteiger partial charge in [-0.25, -0.2) is 4.79 Å². The number of halogens is 1. The highest BCUT2D eigenvalue weighted by Crippen LogP contribution is 2.49. The molecule has 0 spiro atoms. The van der Waals surface area contributed by atoms with Crippen LogP contribution in [0.25, 0.3) is 0 Å². The predicted octanol–water partition coefficient (Wildman–Crippen LogP) is 3.79. The molecule has 0 radical (unpaired) electrons. The van der Waals surface area contributed by atoms with Crippen molar-refractivity contribution in [2.45, 2.75) is 44.6 Å². The fourth-order valence-corrected chi connectivity index (χ4v) is 4.54. The quantitative estimate of drug-likeness (QED) is 0.431. The molecule has 2 saturated carbocycles. The minimum atomic E-state index is -0.507. The summed E-state index contributed by atoms with van der Waals surface area (Å²) in [6.45, 7) is 2.27. The van der Waals surface area contributed by atoms with Crippen LogP contribution in [0, 0.1) is 17.8 Å². The summed E-state index contributed by atoms with van der Waals surface area (Å²) in [4.78, 5) is 11.4. The monoisotopic (exact) mass is 352 g/mol. The smallest absolute Gasteiger partial charge is 0.438 e. The second-order valence-electron chi connectivity index (χ2n) is 5.81. The Morgan fingerprint density at radius 1 is 1.35 bits per heavy atom. The van der Waals surface area contributed by atoms with Gasteiger partial charge in [0.25, 0.3) is 0 Å². The van der Waals surface area contributed by atoms with Crippen molar-refractivity contribution in [1.82, 2.24) is 0 Å². The summed E-state index contributed by atoms with van der Waals surface area (Å²) in [5.41, 5.74) is -0.233. The largest absolute Gasteiger partial charge is 0.508 e. The number of hydrogen-bond acceptors (Lipinski definition) is 3. The van der Waals surface area contributed by atoms with Crippen molar-refractivity contribution in [3.63, 3.8) is 0 Å². The molecule has 2 fully saturated rings. The Labute approximate surface area is 117 Å². The van der Waals surface area contributed by atoms with Crippen molar-refractivity contribution in [2.75, 3.05) is 11.5 Å². The molecule has 0 aromatic rings. The third-order valence-electron chi connectivity index (χ3n) is 4.13. The van der Waals surface area contributed by atoms with E-state index in [-0.39, 0.29) is 5.60 Å². The number of alkyl halides is 1. The van der Waals surface area contributed by atoms with E-state index in [1.165, 1.54) is 20.0 Å². The summed E-state index contributed by atoms with van der Waals surface area (Å²) in [5.74, 6) is 2.09. The van der Waals surface area contributed by atoms with E-state index in [0.29, 0.717) is 11.8 Å². The van der Waals surface area contributed by atoms with Crippen molar-refractivity contribution in [3.05, 3.63) is 0 Å². The van der Waals surface area contributed by atoms with Crippen LogP contribution in [0.3, 0.4) is 0 Å². The third-order valence-corrected chi connectivity index (χ3v) is 5.37. The maximum Gasteiger partial charge on any atom is 0.508 e. The first-order chi connectivity index (χ1) is 8.07. The van der Waals surface area contributed by atoms with Crippen LogP contribution < -0.4 is 0 Å². The highest BCUT2D eigenvalue weighted by Gasteiger charge is 2.47. The van der Waals surface area contributed by atoms with Gasteiger partial charge in [-0.15, -0.1) is 0 Å². The van der Waals surface area contributed by atoms with Crippen LogP contribution in [0.15, 0.2) is 0 Å². The second-order valence-corrected chi connectivity index (χ2v) is 6.70. The topological polar surface area (TPSA) is 35.5 Å². The molecule has 0 aliphatic heterocycles. The lowest BCUT2D eigenvalue weighted by Crippen LogP contribution is -2.48. The molecular formula is C13H21IO3. The average molecular weight is 352 g/mol. The van der Waals surface area contributed by atoms with E-state index in [1.54, 1.807) is 0 Å². The second kappa shape index (κ2) is 5.33. The average Bonchev–Trinajstić information content (AvgIpc) is 2.26. The van der Waals surface area contributed by atoms with Crippen molar-refractivity contribution in [2.24, 2.45) is 17.8 Å². The third kappa shape index (κ3) is 3.06. The van der Waals surface area contributed by atoms with Crippen molar-refractivity contribution < 1.29 is 14.3 Å². The van der Waals surface area contributed by atoms with E-state index >= 15 is 0 Å². The highest BCUT2D eigenvalue weighted by atomic mass is 127. The molecule has 0 heterocycles. The Kier molecular flexibility index (Phi) is 4.21. The van der Waals surface area contributed by atoms with Gasteiger partial charge < -0.3 is 9.47 Å². The van der Waals surface area contributed by atoms with Crippen molar-refractivity contribution in [3.8, 4) is 0 Å². The van der Waals surface area contributed by atoms with Gasteiger partial charge in [-0.1, -0.05) is 29.5 Å². The molecule has 98 valence electrons. The first kappa shape index (κ1) is 13.4. The number of fused-ring (bicyclic) bond motifs is 2. The molecule has 0 aromatic heterocycles. The first-order valence-electron chi connectivity index (χ1n) is 6.40. The Hall–Kier alpha value is 0. The van der Waals surface area contributed by atoms with Crippen molar-refractivity contribution >= 4 is 28.7 Å². The summed E-state index contributed by atoms with van der Waals surface area (Å²) in [6, 6.07) is 0. The molecule has 0 amide bonds. The van der Waals surface area contributed by atoms with Gasteiger partial charge in [-0.3, -0.25) is 0 Å². The maximum atomic E-state index is 11.4. The Morgan fingerprint density at radius 3 is 2.76 bits per heavy atom. The van der Waals surface area contributed by atoms with Crippen molar-refractivity contribution in [1.29, 1.82) is 0 Å². The fourth-order valence-electron chi connectivity index (χ4n) is 3.87. The molecular weight excluding hydrogens is 331 g/mol. The lowest BCUT2D eigenvalue weighted by molar-refractivity contribution is -0.104. The minimum absolute atomic E-state index is 0.233. The van der Waals surface area contributed by atoms with Gasteiger partial charge in [0.05, 0.1) is 7.11 Å². The van der Waals surface area contributed by atoms with Gasteiger partial charge in [0, 0.05) is 4.43 Å². The van der Waals surface area contributed by atoms with Crippen LogP contribution >= 0.6 is 22.6 Å². The van der Waals surface area contributed by atoms with Gasteiger partial charge >= 0.3 is 6.16 Å². The van der Waals surface area contributed by atoms with Crippen LogP contribution in [0.1, 0.15) is 39.0 Å². The van der Waals surface area contributed by atoms with Gasteiger partial charge in [-0.2, -0.15) is 0 Å². The van der Waals surface area contributed by atoms with E-state index in [9.17, 15) is 4.79 Å². The van der Waals surface area contributed by atoms with E-state index in [2.05, 4.69) is 34.3 Å². The lowest BCUT2D eigenvalue weighted by Gasteiger charge is -2.48. The summed E-state index contributed by atoms with van der Waals surface area (Å²) < 4.78 is 11.5. The van der Waals surface area contributed by atoms with Crippen LogP contribution in [0.4, 0.5) is 4.79 Å². The van der Waals surface area contributed by atoms with Crippen LogP contribution in [0.2, 0.25) is 0 Å². The lowest BCUT2D eigenvalue weighted by atomic mass is 9.63. The van der Waals surface area contributed by atoms with Gasteiger partial charge in [0.1, 0.15) is 5.60 Å². The molecule has 4 atom stereocenters. The molecule has 0 aromatic carbocycles. The van der Waals surface area contributed by atoms with E-state index < -0.39 is 6.16 Å². The number of carbonyl (C=O) groups is 1. The molecule has 0 N–H and O–H groups in total. The fraction of sp³-hybridized carbons (Fsp3) is 0.923. The molecule has 3 nitrogen and oxygen atoms in total. The molecule has 2 rings (SSSR count). The molecule has 17 heavy (non-hydrogen) atoms. The minimum Gasteiger partial charge on any atom is -0.438 e. The van der Waals surface area contributed by atoms with E-state index in [1.807, 2.05) is 0 Å². The van der Waals surface area contributed by atoms with E-state index in [0.717, 1.165) is 29.6 Å². The summed E-state index contributed by atoms with van der Waals surface area (Å²) in [5, 5.41) is 0. The van der Waals surface area contributed by atoms with Crippen LogP contribution in [0.5, 0.6) is 0 Å². The summed E-state index contributed by atoms with van der Waals surface area (Å²) >= 11 is 2.45. The Morgan fingerprint density at radius 2 is 2.12 bits per heavy atom. The predicted molar refractivity (Wildman–Crippen MR) is 74.3 cm³/mol. The highest BCUT2D eigenvalue weighted by molar-refractivity contribution is 14.1. The van der Waals surface area contributed by atoms with Gasteiger partial charge in [-0.05, 0) is 49.9 Å². The van der Waals surface area contributed by atoms with Crippen LogP contribution in [-0.4, -0.2) is 23.3 Å².